The monoisotopic (exact) mass is 627 g/mol. The van der Waals surface area contributed by atoms with Crippen LogP contribution < -0.4 is 0 Å². The van der Waals surface area contributed by atoms with Crippen molar-refractivity contribution in [2.75, 3.05) is 13.5 Å². The highest BCUT2D eigenvalue weighted by atomic mass is 32.2. The molecule has 1 heterocycles. The van der Waals surface area contributed by atoms with Gasteiger partial charge >= 0.3 is 18.0 Å². The van der Waals surface area contributed by atoms with E-state index in [0.29, 0.717) is 22.2 Å². The first-order valence-corrected chi connectivity index (χ1v) is 14.2. The lowest BCUT2D eigenvalue weighted by atomic mass is 9.72. The Hall–Kier alpha value is -3.23. The van der Waals surface area contributed by atoms with Crippen LogP contribution in [-0.2, 0) is 36.3 Å². The number of rotatable bonds is 4. The van der Waals surface area contributed by atoms with Gasteiger partial charge in [-0.05, 0) is 67.0 Å². The number of carbonyl (C=O) groups excluding carboxylic acids is 2. The third kappa shape index (κ3) is 4.13. The number of alkyl halides is 7. The van der Waals surface area contributed by atoms with Gasteiger partial charge in [-0.2, -0.15) is 26.3 Å². The zero-order valence-corrected chi connectivity index (χ0v) is 22.2. The molecule has 0 bridgehead atoms. The number of hydrogen-bond donors (Lipinski definition) is 0. The summed E-state index contributed by atoms with van der Waals surface area (Å²) in [5.41, 5.74) is -8.15. The molecule has 15 heteroatoms. The fraction of sp³-hybridized carbons (Fsp3) is 0.481. The number of carbonyl (C=O) groups is 2. The van der Waals surface area contributed by atoms with Gasteiger partial charge in [0.2, 0.25) is 11.8 Å². The number of halogens is 8. The molecule has 0 radical (unpaired) electrons. The molecule has 3 aliphatic rings. The molecule has 2 aliphatic carbocycles. The van der Waals surface area contributed by atoms with Crippen molar-refractivity contribution in [2.45, 2.75) is 59.8 Å². The van der Waals surface area contributed by atoms with E-state index < -0.39 is 85.9 Å². The van der Waals surface area contributed by atoms with E-state index in [4.69, 9.17) is 4.11 Å². The molecule has 0 aromatic heterocycles. The number of amides is 2. The summed E-state index contributed by atoms with van der Waals surface area (Å²) in [5.74, 6) is -5.02. The van der Waals surface area contributed by atoms with E-state index in [1.807, 2.05) is 0 Å². The Morgan fingerprint density at radius 2 is 1.62 bits per heavy atom. The number of aryl methyl sites for hydroxylation is 1. The topological polar surface area (TPSA) is 74.8 Å². The number of sulfone groups is 1. The van der Waals surface area contributed by atoms with E-state index in [2.05, 4.69) is 0 Å². The van der Waals surface area contributed by atoms with Gasteiger partial charge in [-0.25, -0.2) is 17.2 Å². The Kier molecular flexibility index (Phi) is 6.06. The lowest BCUT2D eigenvalue weighted by Crippen LogP contribution is -2.51. The smallest absolute Gasteiger partial charge is 0.273 e. The van der Waals surface area contributed by atoms with Crippen molar-refractivity contribution in [3.63, 3.8) is 0 Å². The van der Waals surface area contributed by atoms with Gasteiger partial charge in [-0.1, -0.05) is 18.2 Å². The molecule has 2 fully saturated rings. The Morgan fingerprint density at radius 3 is 2.21 bits per heavy atom. The summed E-state index contributed by atoms with van der Waals surface area (Å²) < 4.78 is 160. The molecule has 2 aromatic rings. The summed E-state index contributed by atoms with van der Waals surface area (Å²) in [6.45, 7) is -3.37. The van der Waals surface area contributed by atoms with Crippen LogP contribution in [0.15, 0.2) is 47.4 Å². The van der Waals surface area contributed by atoms with E-state index in [1.54, 1.807) is 0 Å². The number of hydrogen-bond acceptors (Lipinski definition) is 4. The van der Waals surface area contributed by atoms with Crippen molar-refractivity contribution in [1.29, 1.82) is 0 Å². The van der Waals surface area contributed by atoms with Crippen molar-refractivity contribution < 1.29 is 57.2 Å². The van der Waals surface area contributed by atoms with Gasteiger partial charge in [0, 0.05) is 29.0 Å². The first-order chi connectivity index (χ1) is 20.6. The second kappa shape index (κ2) is 9.64. The molecule has 42 heavy (non-hydrogen) atoms. The average Bonchev–Trinajstić information content (AvgIpc) is 3.53. The van der Waals surface area contributed by atoms with Crippen LogP contribution in [-0.4, -0.2) is 56.1 Å². The summed E-state index contributed by atoms with van der Waals surface area (Å²) in [5, 5.41) is 1.02. The minimum atomic E-state index is -6.42. The number of benzene rings is 2. The number of hydrazine groups is 1. The lowest BCUT2D eigenvalue weighted by molar-refractivity contribution is -0.348. The van der Waals surface area contributed by atoms with E-state index in [0.717, 1.165) is 24.3 Å². The number of nitrogens with zero attached hydrogens (tertiary/aromatic N) is 2. The first-order valence-electron chi connectivity index (χ1n) is 14.2. The second-order valence-corrected chi connectivity index (χ2v) is 12.8. The molecule has 1 aliphatic heterocycles. The third-order valence-electron chi connectivity index (χ3n) is 8.57. The Bertz CT molecular complexity index is 1630. The molecule has 2 aromatic carbocycles. The standard InChI is InChI=1S/C27H24F8N2O4S/c1-36-22(38)11-13-37(36)23(39)19-10-12-24(42(40,41)18-6-4-17(28)5-7-18)20-9-3-16(14-15(20)2-8-21(19)24)25(29,26(30,31)32)27(33,34)35/h3-7,9,14,19,21H,2,8,10-13H2,1H3/t19-,21+,24-/m1/s1/i1D3. The summed E-state index contributed by atoms with van der Waals surface area (Å²) in [4.78, 5) is 25.7. The Balaban J connectivity index is 1.68. The maximum atomic E-state index is 15.0. The largest absolute Gasteiger partial charge is 0.435 e. The van der Waals surface area contributed by atoms with Crippen molar-refractivity contribution in [3.05, 3.63) is 65.0 Å². The molecule has 6 nitrogen and oxygen atoms in total. The van der Waals surface area contributed by atoms with Gasteiger partial charge in [0.25, 0.3) is 0 Å². The predicted octanol–water partition coefficient (Wildman–Crippen LogP) is 5.36. The van der Waals surface area contributed by atoms with Crippen LogP contribution in [0, 0.1) is 17.7 Å². The molecular formula is C27H24F8N2O4S. The number of fused-ring (bicyclic) bond motifs is 3. The van der Waals surface area contributed by atoms with Crippen molar-refractivity contribution in [3.8, 4) is 0 Å². The van der Waals surface area contributed by atoms with Crippen molar-refractivity contribution >= 4 is 21.7 Å². The molecule has 0 N–H and O–H groups in total. The van der Waals surface area contributed by atoms with Gasteiger partial charge < -0.3 is 0 Å². The lowest BCUT2D eigenvalue weighted by Gasteiger charge is -2.43. The van der Waals surface area contributed by atoms with Crippen LogP contribution in [0.3, 0.4) is 0 Å². The molecule has 2 amide bonds. The molecular weight excluding hydrogens is 600 g/mol. The third-order valence-corrected chi connectivity index (χ3v) is 11.1. The summed E-state index contributed by atoms with van der Waals surface area (Å²) in [7, 11) is -4.71. The van der Waals surface area contributed by atoms with Crippen LogP contribution in [0.25, 0.3) is 0 Å². The van der Waals surface area contributed by atoms with E-state index in [9.17, 15) is 53.1 Å². The fourth-order valence-electron chi connectivity index (χ4n) is 6.62. The zero-order valence-electron chi connectivity index (χ0n) is 24.4. The molecule has 1 saturated heterocycles. The maximum Gasteiger partial charge on any atom is 0.435 e. The molecule has 3 atom stereocenters. The van der Waals surface area contributed by atoms with Crippen LogP contribution in [0.5, 0.6) is 0 Å². The van der Waals surface area contributed by atoms with Crippen LogP contribution in [0.4, 0.5) is 35.1 Å². The minimum absolute atomic E-state index is 0.217. The molecule has 1 saturated carbocycles. The first kappa shape index (κ1) is 26.4. The highest BCUT2D eigenvalue weighted by Gasteiger charge is 2.74. The molecule has 5 rings (SSSR count). The van der Waals surface area contributed by atoms with Gasteiger partial charge in [-0.15, -0.1) is 0 Å². The highest BCUT2D eigenvalue weighted by molar-refractivity contribution is 7.92. The predicted molar refractivity (Wildman–Crippen MR) is 130 cm³/mol. The van der Waals surface area contributed by atoms with Crippen LogP contribution in [0.1, 0.15) is 46.5 Å². The molecule has 0 spiro atoms. The van der Waals surface area contributed by atoms with Gasteiger partial charge in [0.15, 0.2) is 9.84 Å². The Morgan fingerprint density at radius 1 is 0.976 bits per heavy atom. The van der Waals surface area contributed by atoms with Crippen molar-refractivity contribution in [2.24, 2.45) is 11.8 Å². The van der Waals surface area contributed by atoms with Gasteiger partial charge in [0.05, 0.1) is 11.4 Å². The van der Waals surface area contributed by atoms with E-state index in [1.165, 1.54) is 0 Å². The molecule has 0 unspecified atom stereocenters. The summed E-state index contributed by atoms with van der Waals surface area (Å²) in [6.07, 6.45) is -14.4. The normalized spacial score (nSPS) is 26.4. The maximum absolute atomic E-state index is 15.0. The van der Waals surface area contributed by atoms with Crippen molar-refractivity contribution in [1.82, 2.24) is 10.0 Å². The van der Waals surface area contributed by atoms with E-state index in [-0.39, 0.29) is 49.4 Å². The Labute approximate surface area is 239 Å². The van der Waals surface area contributed by atoms with Crippen LogP contribution in [0.2, 0.25) is 0 Å². The second-order valence-electron chi connectivity index (χ2n) is 10.6. The molecule has 228 valence electrons. The summed E-state index contributed by atoms with van der Waals surface area (Å²) in [6, 6.07) is 4.74. The minimum Gasteiger partial charge on any atom is -0.273 e. The van der Waals surface area contributed by atoms with Crippen LogP contribution >= 0.6 is 0 Å². The SMILES string of the molecule is [2H]C([2H])([2H])N1C(=O)CCN1C(=O)[C@@H]1CC[C@@]2(S(=O)(=O)c3ccc(F)cc3)c3ccc(C(F)(C(F)(F)F)C(F)(F)F)cc3CC[C@@H]12. The highest BCUT2D eigenvalue weighted by Crippen LogP contribution is 2.61. The van der Waals surface area contributed by atoms with E-state index >= 15 is 0 Å². The summed E-state index contributed by atoms with van der Waals surface area (Å²) >= 11 is 0. The zero-order chi connectivity index (χ0) is 33.5. The fourth-order valence-corrected chi connectivity index (χ4v) is 9.09. The van der Waals surface area contributed by atoms with Gasteiger partial charge in [-0.3, -0.25) is 19.6 Å². The quantitative estimate of drug-likeness (QED) is 0.338. The van der Waals surface area contributed by atoms with Gasteiger partial charge in [0.1, 0.15) is 10.6 Å². The average molecular weight is 628 g/mol.